The highest BCUT2D eigenvalue weighted by atomic mass is 35.5. The molecule has 1 heterocycles. The van der Waals surface area contributed by atoms with Crippen LogP contribution < -0.4 is 0 Å². The van der Waals surface area contributed by atoms with Gasteiger partial charge in [0.05, 0.1) is 15.8 Å². The predicted octanol–water partition coefficient (Wildman–Crippen LogP) is 5.25. The second-order valence-electron chi connectivity index (χ2n) is 5.26. The van der Waals surface area contributed by atoms with Crippen molar-refractivity contribution in [3.63, 3.8) is 0 Å². The molecule has 4 nitrogen and oxygen atoms in total. The van der Waals surface area contributed by atoms with Crippen molar-refractivity contribution in [3.05, 3.63) is 64.1 Å². The number of Topliss-reactive ketones (excluding diaryl/α,β-unsaturated/α-hetero) is 1. The number of ketones is 1. The van der Waals surface area contributed by atoms with E-state index < -0.39 is 0 Å². The molecule has 2 aromatic carbocycles. The van der Waals surface area contributed by atoms with Crippen LogP contribution in [0, 0.1) is 0 Å². The maximum Gasteiger partial charge on any atom is 0.191 e. The molecule has 3 aromatic rings. The third-order valence-corrected chi connectivity index (χ3v) is 5.34. The first-order chi connectivity index (χ1) is 12.1. The molecule has 1 aromatic heterocycles. The molecule has 3 rings (SSSR count). The Morgan fingerprint density at radius 3 is 2.52 bits per heavy atom. The van der Waals surface area contributed by atoms with Gasteiger partial charge in [-0.15, -0.1) is 10.2 Å². The lowest BCUT2D eigenvalue weighted by Gasteiger charge is -2.07. The van der Waals surface area contributed by atoms with Crippen LogP contribution in [-0.4, -0.2) is 26.3 Å². The molecular weight excluding hydrogens is 377 g/mol. The smallest absolute Gasteiger partial charge is 0.191 e. The summed E-state index contributed by atoms with van der Waals surface area (Å²) in [6.45, 7) is 2.75. The van der Waals surface area contributed by atoms with Crippen molar-refractivity contribution < 1.29 is 4.79 Å². The van der Waals surface area contributed by atoms with Crippen molar-refractivity contribution in [3.8, 4) is 11.4 Å². The first kappa shape index (κ1) is 18.0. The lowest BCUT2D eigenvalue weighted by molar-refractivity contribution is 0.102. The third kappa shape index (κ3) is 4.06. The summed E-state index contributed by atoms with van der Waals surface area (Å²) in [5.41, 5.74) is 1.53. The Balaban J connectivity index is 1.76. The minimum Gasteiger partial charge on any atom is -0.302 e. The van der Waals surface area contributed by atoms with Crippen molar-refractivity contribution in [1.82, 2.24) is 14.8 Å². The zero-order valence-corrected chi connectivity index (χ0v) is 15.8. The van der Waals surface area contributed by atoms with E-state index in [1.165, 1.54) is 11.8 Å². The molecule has 0 aliphatic carbocycles. The molecule has 128 valence electrons. The Hall–Kier alpha value is -1.82. The average molecular weight is 392 g/mol. The Labute approximate surface area is 160 Å². The summed E-state index contributed by atoms with van der Waals surface area (Å²) in [7, 11) is 0. The van der Waals surface area contributed by atoms with Gasteiger partial charge in [-0.1, -0.05) is 65.3 Å². The van der Waals surface area contributed by atoms with E-state index in [1.807, 2.05) is 41.8 Å². The topological polar surface area (TPSA) is 47.8 Å². The number of thioether (sulfide) groups is 1. The molecule has 0 fully saturated rings. The van der Waals surface area contributed by atoms with E-state index >= 15 is 0 Å². The summed E-state index contributed by atoms with van der Waals surface area (Å²) in [6, 6.07) is 14.8. The second-order valence-corrected chi connectivity index (χ2v) is 7.01. The van der Waals surface area contributed by atoms with E-state index in [9.17, 15) is 4.79 Å². The monoisotopic (exact) mass is 391 g/mol. The van der Waals surface area contributed by atoms with Crippen LogP contribution in [0.5, 0.6) is 0 Å². The quantitative estimate of drug-likeness (QED) is 0.425. The summed E-state index contributed by atoms with van der Waals surface area (Å²) < 4.78 is 2.00. The van der Waals surface area contributed by atoms with E-state index in [1.54, 1.807) is 18.2 Å². The molecule has 7 heteroatoms. The molecule has 25 heavy (non-hydrogen) atoms. The van der Waals surface area contributed by atoms with Gasteiger partial charge in [-0.25, -0.2) is 0 Å². The zero-order chi connectivity index (χ0) is 17.8. The Bertz CT molecular complexity index is 897. The van der Waals surface area contributed by atoms with Crippen molar-refractivity contribution in [2.24, 2.45) is 0 Å². The van der Waals surface area contributed by atoms with E-state index in [-0.39, 0.29) is 11.5 Å². The van der Waals surface area contributed by atoms with Gasteiger partial charge >= 0.3 is 0 Å². The first-order valence-electron chi connectivity index (χ1n) is 7.69. The highest BCUT2D eigenvalue weighted by Gasteiger charge is 2.15. The van der Waals surface area contributed by atoms with Crippen LogP contribution in [0.3, 0.4) is 0 Å². The molecule has 0 saturated heterocycles. The van der Waals surface area contributed by atoms with Crippen LogP contribution in [0.15, 0.2) is 53.7 Å². The fraction of sp³-hybridized carbons (Fsp3) is 0.167. The van der Waals surface area contributed by atoms with Gasteiger partial charge in [0.25, 0.3) is 0 Å². The highest BCUT2D eigenvalue weighted by molar-refractivity contribution is 7.99. The van der Waals surface area contributed by atoms with Crippen LogP contribution in [0.1, 0.15) is 17.3 Å². The van der Waals surface area contributed by atoms with E-state index in [0.717, 1.165) is 23.1 Å². The third-order valence-electron chi connectivity index (χ3n) is 3.64. The van der Waals surface area contributed by atoms with E-state index in [4.69, 9.17) is 23.2 Å². The van der Waals surface area contributed by atoms with Gasteiger partial charge in [-0.05, 0) is 25.1 Å². The number of hydrogen-bond acceptors (Lipinski definition) is 4. The standard InChI is InChI=1S/C18H15Cl2N3OS/c1-2-23-17(12-6-4-3-5-7-12)21-22-18(23)25-11-16(24)13-8-9-14(19)15(20)10-13/h3-10H,2,11H2,1H3. The number of carbonyl (C=O) groups is 1. The SMILES string of the molecule is CCn1c(SCC(=O)c2ccc(Cl)c(Cl)c2)nnc1-c1ccccc1. The van der Waals surface area contributed by atoms with Gasteiger partial charge in [0.2, 0.25) is 0 Å². The van der Waals surface area contributed by atoms with Gasteiger partial charge < -0.3 is 4.57 Å². The largest absolute Gasteiger partial charge is 0.302 e. The number of hydrogen-bond donors (Lipinski definition) is 0. The summed E-state index contributed by atoms with van der Waals surface area (Å²) >= 11 is 13.2. The Morgan fingerprint density at radius 1 is 1.08 bits per heavy atom. The number of benzene rings is 2. The number of nitrogens with zero attached hydrogens (tertiary/aromatic N) is 3. The summed E-state index contributed by atoms with van der Waals surface area (Å²) in [5, 5.41) is 10.0. The lowest BCUT2D eigenvalue weighted by atomic mass is 10.1. The van der Waals surface area contributed by atoms with Gasteiger partial charge in [-0.2, -0.15) is 0 Å². The van der Waals surface area contributed by atoms with E-state index in [0.29, 0.717) is 15.6 Å². The second kappa shape index (κ2) is 8.04. The number of aromatic nitrogens is 3. The molecule has 0 saturated carbocycles. The minimum absolute atomic E-state index is 0.0320. The minimum atomic E-state index is -0.0320. The Kier molecular flexibility index (Phi) is 5.78. The molecule has 0 amide bonds. The molecule has 0 unspecified atom stereocenters. The molecule has 0 aliphatic heterocycles. The van der Waals surface area contributed by atoms with Crippen molar-refractivity contribution in [1.29, 1.82) is 0 Å². The van der Waals surface area contributed by atoms with Crippen LogP contribution in [0.4, 0.5) is 0 Å². The predicted molar refractivity (Wildman–Crippen MR) is 103 cm³/mol. The van der Waals surface area contributed by atoms with Crippen LogP contribution in [-0.2, 0) is 6.54 Å². The Morgan fingerprint density at radius 2 is 1.84 bits per heavy atom. The molecule has 0 radical (unpaired) electrons. The van der Waals surface area contributed by atoms with Gasteiger partial charge in [0.15, 0.2) is 16.8 Å². The van der Waals surface area contributed by atoms with Crippen molar-refractivity contribution in [2.45, 2.75) is 18.6 Å². The zero-order valence-electron chi connectivity index (χ0n) is 13.4. The van der Waals surface area contributed by atoms with Gasteiger partial charge in [0.1, 0.15) is 0 Å². The number of carbonyl (C=O) groups excluding carboxylic acids is 1. The summed E-state index contributed by atoms with van der Waals surface area (Å²) in [6.07, 6.45) is 0. The van der Waals surface area contributed by atoms with Gasteiger partial charge in [-0.3, -0.25) is 4.79 Å². The lowest BCUT2D eigenvalue weighted by Crippen LogP contribution is -2.05. The number of halogens is 2. The van der Waals surface area contributed by atoms with E-state index in [2.05, 4.69) is 10.2 Å². The summed E-state index contributed by atoms with van der Waals surface area (Å²) in [5.74, 6) is 1.02. The van der Waals surface area contributed by atoms with Crippen molar-refractivity contribution >= 4 is 40.7 Å². The summed E-state index contributed by atoms with van der Waals surface area (Å²) in [4.78, 5) is 12.4. The first-order valence-corrected chi connectivity index (χ1v) is 9.44. The fourth-order valence-corrected chi connectivity index (χ4v) is 3.56. The highest BCUT2D eigenvalue weighted by Crippen LogP contribution is 2.26. The average Bonchev–Trinajstić information content (AvgIpc) is 3.05. The maximum absolute atomic E-state index is 12.4. The fourth-order valence-electron chi connectivity index (χ4n) is 2.36. The molecule has 0 N–H and O–H groups in total. The molecule has 0 atom stereocenters. The van der Waals surface area contributed by atoms with Crippen molar-refractivity contribution in [2.75, 3.05) is 5.75 Å². The van der Waals surface area contributed by atoms with Gasteiger partial charge in [0, 0.05) is 17.7 Å². The maximum atomic E-state index is 12.4. The van der Waals surface area contributed by atoms with Crippen LogP contribution >= 0.6 is 35.0 Å². The normalized spacial score (nSPS) is 10.8. The van der Waals surface area contributed by atoms with Crippen LogP contribution in [0.25, 0.3) is 11.4 Å². The molecule has 0 spiro atoms. The molecule has 0 bridgehead atoms. The van der Waals surface area contributed by atoms with Crippen LogP contribution in [0.2, 0.25) is 10.0 Å². The molecular formula is C18H15Cl2N3OS. The molecule has 0 aliphatic rings. The number of rotatable bonds is 6.